The Bertz CT molecular complexity index is 892. The standard InChI is InChI=1S/C21H25F3N4O3/c1-14(29)27-8-6-16(7-9-27)28-10-11-30-13-19(28)20-25-12-18(26-20)15-2-4-17(5-3-15)31-21(22,23)24/h2-5,12,16,19H,6-11,13H2,1H3,(H,25,26)/t19-/m0/s1. The molecule has 2 aliphatic heterocycles. The Balaban J connectivity index is 1.46. The molecule has 3 heterocycles. The first kappa shape index (κ1) is 21.6. The fourth-order valence-corrected chi connectivity index (χ4v) is 4.29. The van der Waals surface area contributed by atoms with Crippen LogP contribution in [0.4, 0.5) is 13.2 Å². The highest BCUT2D eigenvalue weighted by atomic mass is 19.4. The molecule has 0 bridgehead atoms. The van der Waals surface area contributed by atoms with Gasteiger partial charge in [0.2, 0.25) is 5.91 Å². The van der Waals surface area contributed by atoms with Gasteiger partial charge in [0, 0.05) is 32.6 Å². The van der Waals surface area contributed by atoms with Crippen molar-refractivity contribution in [3.8, 4) is 17.0 Å². The number of ether oxygens (including phenoxy) is 2. The van der Waals surface area contributed by atoms with Crippen LogP contribution in [0.3, 0.4) is 0 Å². The molecular weight excluding hydrogens is 413 g/mol. The van der Waals surface area contributed by atoms with Gasteiger partial charge in [-0.3, -0.25) is 9.69 Å². The van der Waals surface area contributed by atoms with Crippen LogP contribution in [0.2, 0.25) is 0 Å². The molecule has 2 aromatic rings. The Hall–Kier alpha value is -2.59. The maximum Gasteiger partial charge on any atom is 0.573 e. The highest BCUT2D eigenvalue weighted by molar-refractivity contribution is 5.73. The molecule has 1 N–H and O–H groups in total. The van der Waals surface area contributed by atoms with Gasteiger partial charge in [0.25, 0.3) is 0 Å². The predicted molar refractivity (Wildman–Crippen MR) is 106 cm³/mol. The number of nitrogens with zero attached hydrogens (tertiary/aromatic N) is 3. The number of H-pyrrole nitrogens is 1. The molecule has 0 radical (unpaired) electrons. The number of likely N-dealkylation sites (tertiary alicyclic amines) is 1. The second-order valence-corrected chi connectivity index (χ2v) is 7.82. The van der Waals surface area contributed by atoms with Gasteiger partial charge in [-0.2, -0.15) is 0 Å². The number of nitrogens with one attached hydrogen (secondary N) is 1. The van der Waals surface area contributed by atoms with E-state index in [-0.39, 0.29) is 17.7 Å². The van der Waals surface area contributed by atoms with Crippen LogP contribution in [0.25, 0.3) is 11.3 Å². The zero-order chi connectivity index (χ0) is 22.0. The van der Waals surface area contributed by atoms with Crippen molar-refractivity contribution in [3.63, 3.8) is 0 Å². The quantitative estimate of drug-likeness (QED) is 0.793. The summed E-state index contributed by atoms with van der Waals surface area (Å²) in [5, 5.41) is 0. The monoisotopic (exact) mass is 438 g/mol. The molecule has 2 aliphatic rings. The van der Waals surface area contributed by atoms with Crippen molar-refractivity contribution in [2.75, 3.05) is 32.8 Å². The maximum absolute atomic E-state index is 12.4. The maximum atomic E-state index is 12.4. The number of halogens is 3. The number of hydrogen-bond acceptors (Lipinski definition) is 5. The van der Waals surface area contributed by atoms with Crippen LogP contribution >= 0.6 is 0 Å². The number of rotatable bonds is 4. The minimum Gasteiger partial charge on any atom is -0.406 e. The Morgan fingerprint density at radius 2 is 1.90 bits per heavy atom. The predicted octanol–water partition coefficient (Wildman–Crippen LogP) is 3.36. The van der Waals surface area contributed by atoms with Crippen molar-refractivity contribution in [1.82, 2.24) is 19.8 Å². The second kappa shape index (κ2) is 8.88. The van der Waals surface area contributed by atoms with Gasteiger partial charge < -0.3 is 19.4 Å². The zero-order valence-electron chi connectivity index (χ0n) is 17.2. The fraction of sp³-hybridized carbons (Fsp3) is 0.524. The van der Waals surface area contributed by atoms with E-state index in [0.717, 1.165) is 38.3 Å². The average Bonchev–Trinajstić information content (AvgIpc) is 3.23. The minimum absolute atomic E-state index is 0.0378. The number of aromatic nitrogens is 2. The van der Waals surface area contributed by atoms with Crippen LogP contribution in [0.1, 0.15) is 31.6 Å². The summed E-state index contributed by atoms with van der Waals surface area (Å²) in [5.74, 6) is 0.610. The molecule has 2 saturated heterocycles. The molecule has 0 spiro atoms. The van der Waals surface area contributed by atoms with E-state index in [1.165, 1.54) is 12.1 Å². The van der Waals surface area contributed by atoms with Crippen molar-refractivity contribution < 1.29 is 27.4 Å². The number of carbonyl (C=O) groups is 1. The molecule has 0 unspecified atom stereocenters. The summed E-state index contributed by atoms with van der Waals surface area (Å²) in [6, 6.07) is 5.99. The molecule has 0 saturated carbocycles. The third-order valence-corrected chi connectivity index (χ3v) is 5.86. The van der Waals surface area contributed by atoms with Crippen molar-refractivity contribution in [2.24, 2.45) is 0 Å². The molecule has 31 heavy (non-hydrogen) atoms. The van der Waals surface area contributed by atoms with Crippen LogP contribution in [0.15, 0.2) is 30.5 Å². The lowest BCUT2D eigenvalue weighted by molar-refractivity contribution is -0.274. The van der Waals surface area contributed by atoms with E-state index in [0.29, 0.717) is 30.5 Å². The molecule has 7 nitrogen and oxygen atoms in total. The first-order valence-electron chi connectivity index (χ1n) is 10.3. The highest BCUT2D eigenvalue weighted by Crippen LogP contribution is 2.31. The van der Waals surface area contributed by atoms with Crippen LogP contribution < -0.4 is 4.74 Å². The summed E-state index contributed by atoms with van der Waals surface area (Å²) >= 11 is 0. The van der Waals surface area contributed by atoms with Crippen LogP contribution in [0, 0.1) is 0 Å². The Morgan fingerprint density at radius 1 is 1.19 bits per heavy atom. The first-order valence-corrected chi connectivity index (χ1v) is 10.3. The number of hydrogen-bond donors (Lipinski definition) is 1. The first-order chi connectivity index (χ1) is 14.8. The lowest BCUT2D eigenvalue weighted by Crippen LogP contribution is -2.51. The van der Waals surface area contributed by atoms with E-state index >= 15 is 0 Å². The molecular formula is C21H25F3N4O3. The Labute approximate surface area is 178 Å². The Morgan fingerprint density at radius 3 is 2.55 bits per heavy atom. The zero-order valence-corrected chi connectivity index (χ0v) is 17.2. The molecule has 168 valence electrons. The summed E-state index contributed by atoms with van der Waals surface area (Å²) < 4.78 is 46.7. The van der Waals surface area contributed by atoms with E-state index in [1.54, 1.807) is 25.3 Å². The van der Waals surface area contributed by atoms with Gasteiger partial charge in [-0.1, -0.05) is 0 Å². The number of morpholine rings is 1. The molecule has 2 fully saturated rings. The third kappa shape index (κ3) is 5.19. The van der Waals surface area contributed by atoms with Crippen molar-refractivity contribution in [3.05, 3.63) is 36.3 Å². The number of aromatic amines is 1. The molecule has 1 aromatic heterocycles. The van der Waals surface area contributed by atoms with E-state index in [4.69, 9.17) is 4.74 Å². The average molecular weight is 438 g/mol. The fourth-order valence-electron chi connectivity index (χ4n) is 4.29. The van der Waals surface area contributed by atoms with E-state index in [2.05, 4.69) is 19.6 Å². The molecule has 1 aromatic carbocycles. The lowest BCUT2D eigenvalue weighted by atomic mass is 10.00. The number of carbonyl (C=O) groups excluding carboxylic acids is 1. The van der Waals surface area contributed by atoms with Gasteiger partial charge in [-0.05, 0) is 42.7 Å². The van der Waals surface area contributed by atoms with Gasteiger partial charge in [0.15, 0.2) is 0 Å². The summed E-state index contributed by atoms with van der Waals surface area (Å²) in [5.41, 5.74) is 1.43. The van der Waals surface area contributed by atoms with Gasteiger partial charge in [0.05, 0.1) is 31.1 Å². The third-order valence-electron chi connectivity index (χ3n) is 5.86. The topological polar surface area (TPSA) is 70.7 Å². The molecule has 10 heteroatoms. The van der Waals surface area contributed by atoms with Crippen molar-refractivity contribution in [2.45, 2.75) is 38.2 Å². The molecule has 4 rings (SSSR count). The lowest BCUT2D eigenvalue weighted by Gasteiger charge is -2.43. The van der Waals surface area contributed by atoms with Crippen molar-refractivity contribution >= 4 is 5.91 Å². The van der Waals surface area contributed by atoms with Crippen LogP contribution in [-0.2, 0) is 9.53 Å². The summed E-state index contributed by atoms with van der Waals surface area (Å²) in [6.07, 6.45) is -1.22. The van der Waals surface area contributed by atoms with Crippen molar-refractivity contribution in [1.29, 1.82) is 0 Å². The van der Waals surface area contributed by atoms with Gasteiger partial charge in [-0.15, -0.1) is 13.2 Å². The molecule has 1 atom stereocenters. The summed E-state index contributed by atoms with van der Waals surface area (Å²) in [7, 11) is 0. The highest BCUT2D eigenvalue weighted by Gasteiger charge is 2.35. The Kier molecular flexibility index (Phi) is 6.19. The normalized spacial score (nSPS) is 21.3. The van der Waals surface area contributed by atoms with Crippen LogP contribution in [0.5, 0.6) is 5.75 Å². The summed E-state index contributed by atoms with van der Waals surface area (Å²) in [4.78, 5) is 23.7. The minimum atomic E-state index is -4.71. The molecule has 0 aliphatic carbocycles. The largest absolute Gasteiger partial charge is 0.573 e. The van der Waals surface area contributed by atoms with Gasteiger partial charge in [-0.25, -0.2) is 4.98 Å². The number of benzene rings is 1. The molecule has 1 amide bonds. The van der Waals surface area contributed by atoms with E-state index < -0.39 is 6.36 Å². The van der Waals surface area contributed by atoms with E-state index in [9.17, 15) is 18.0 Å². The van der Waals surface area contributed by atoms with Crippen LogP contribution in [-0.4, -0.2) is 70.9 Å². The van der Waals surface area contributed by atoms with E-state index in [1.807, 2.05) is 4.90 Å². The number of alkyl halides is 3. The SMILES string of the molecule is CC(=O)N1CCC(N2CCOC[C@H]2c2ncc(-c3ccc(OC(F)(F)F)cc3)[nH]2)CC1. The second-order valence-electron chi connectivity index (χ2n) is 7.82. The smallest absolute Gasteiger partial charge is 0.406 e. The number of piperidine rings is 1. The van der Waals surface area contributed by atoms with Gasteiger partial charge in [0.1, 0.15) is 11.6 Å². The number of imidazole rings is 1. The summed E-state index contributed by atoms with van der Waals surface area (Å²) in [6.45, 7) is 5.05. The number of amides is 1. The van der Waals surface area contributed by atoms with Gasteiger partial charge >= 0.3 is 6.36 Å².